The summed E-state index contributed by atoms with van der Waals surface area (Å²) in [5.41, 5.74) is 0.284. The molecule has 4 fully saturated rings. The molecule has 2 heteroatoms. The molecule has 132 valence electrons. The highest BCUT2D eigenvalue weighted by Crippen LogP contribution is 2.66. The van der Waals surface area contributed by atoms with Crippen LogP contribution in [0.25, 0.3) is 0 Å². The second-order valence-electron chi connectivity index (χ2n) is 9.98. The van der Waals surface area contributed by atoms with Gasteiger partial charge in [0.1, 0.15) is 0 Å². The number of fused-ring (bicyclic) bond motifs is 5. The van der Waals surface area contributed by atoms with E-state index in [0.29, 0.717) is 5.41 Å². The van der Waals surface area contributed by atoms with Crippen LogP contribution in [0.15, 0.2) is 0 Å². The van der Waals surface area contributed by atoms with Gasteiger partial charge in [-0.3, -0.25) is 0 Å². The summed E-state index contributed by atoms with van der Waals surface area (Å²) >= 11 is 0. The number of nitrogens with zero attached hydrogens (tertiary/aromatic N) is 1. The molecule has 1 saturated heterocycles. The normalized spacial score (nSPS) is 56.7. The summed E-state index contributed by atoms with van der Waals surface area (Å²) < 4.78 is 0. The van der Waals surface area contributed by atoms with Gasteiger partial charge in [0.15, 0.2) is 0 Å². The topological polar surface area (TPSA) is 23.5 Å². The summed E-state index contributed by atoms with van der Waals surface area (Å²) in [6.45, 7) is 12.1. The number of hydrogen-bond donors (Lipinski definition) is 1. The second-order valence-corrected chi connectivity index (χ2v) is 9.98. The van der Waals surface area contributed by atoms with E-state index in [1.54, 1.807) is 0 Å². The maximum absolute atomic E-state index is 11.0. The Balaban J connectivity index is 1.65. The van der Waals surface area contributed by atoms with Crippen molar-refractivity contribution in [1.29, 1.82) is 0 Å². The SMILES string of the molecule is CCN1CCC[C@]2(C)[C@H]3CC[C@@]4(C)[C@@H](CC[C@]4(C)O)[C@@H]3CC[C@@H]12. The Morgan fingerprint density at radius 1 is 0.957 bits per heavy atom. The minimum Gasteiger partial charge on any atom is -0.390 e. The smallest absolute Gasteiger partial charge is 0.0675 e. The summed E-state index contributed by atoms with van der Waals surface area (Å²) in [7, 11) is 0. The van der Waals surface area contributed by atoms with Crippen LogP contribution in [0.5, 0.6) is 0 Å². The number of hydrogen-bond acceptors (Lipinski definition) is 2. The van der Waals surface area contributed by atoms with E-state index in [2.05, 4.69) is 32.6 Å². The van der Waals surface area contributed by atoms with Gasteiger partial charge in [0, 0.05) is 6.04 Å². The van der Waals surface area contributed by atoms with E-state index in [1.807, 2.05) is 0 Å². The maximum atomic E-state index is 11.0. The summed E-state index contributed by atoms with van der Waals surface area (Å²) in [5, 5.41) is 11.0. The van der Waals surface area contributed by atoms with E-state index in [9.17, 15) is 5.11 Å². The van der Waals surface area contributed by atoms with E-state index in [1.165, 1.54) is 58.0 Å². The van der Waals surface area contributed by atoms with Crippen molar-refractivity contribution < 1.29 is 5.11 Å². The number of piperidine rings is 1. The van der Waals surface area contributed by atoms with Gasteiger partial charge < -0.3 is 10.0 Å². The zero-order chi connectivity index (χ0) is 16.5. The second kappa shape index (κ2) is 5.21. The molecule has 4 rings (SSSR count). The lowest BCUT2D eigenvalue weighted by molar-refractivity contribution is -0.153. The molecule has 1 N–H and O–H groups in total. The molecule has 1 aliphatic heterocycles. The molecule has 3 aliphatic carbocycles. The van der Waals surface area contributed by atoms with Crippen molar-refractivity contribution in [3.8, 4) is 0 Å². The van der Waals surface area contributed by atoms with Crippen molar-refractivity contribution in [1.82, 2.24) is 4.90 Å². The standard InChI is InChI=1S/C21H37NO/c1-5-22-14-6-11-19(2)16-9-12-20(3)17(10-13-21(20,4)23)15(16)7-8-18(19)22/h15-18,23H,5-14H2,1-4H3/t15-,16+,17+,18-,19-,20+,21+/m1/s1. The Bertz CT molecular complexity index is 474. The van der Waals surface area contributed by atoms with Gasteiger partial charge in [0.2, 0.25) is 0 Å². The lowest BCUT2D eigenvalue weighted by Gasteiger charge is -2.63. The number of aliphatic hydroxyl groups is 1. The van der Waals surface area contributed by atoms with Gasteiger partial charge >= 0.3 is 0 Å². The van der Waals surface area contributed by atoms with Crippen LogP contribution in [-0.2, 0) is 0 Å². The fourth-order valence-electron chi connectivity index (χ4n) is 7.83. The zero-order valence-corrected chi connectivity index (χ0v) is 15.8. The van der Waals surface area contributed by atoms with Crippen LogP contribution >= 0.6 is 0 Å². The van der Waals surface area contributed by atoms with Crippen LogP contribution in [0.1, 0.15) is 79.1 Å². The quantitative estimate of drug-likeness (QED) is 0.771. The molecule has 2 nitrogen and oxygen atoms in total. The molecule has 0 radical (unpaired) electrons. The Morgan fingerprint density at radius 2 is 1.70 bits per heavy atom. The summed E-state index contributed by atoms with van der Waals surface area (Å²) in [6, 6.07) is 0.828. The van der Waals surface area contributed by atoms with Gasteiger partial charge in [-0.05, 0) is 100.0 Å². The molecular formula is C21H37NO. The minimum absolute atomic E-state index is 0.177. The third-order valence-electron chi connectivity index (χ3n) is 9.39. The van der Waals surface area contributed by atoms with Crippen LogP contribution in [0.2, 0.25) is 0 Å². The monoisotopic (exact) mass is 319 g/mol. The summed E-state index contributed by atoms with van der Waals surface area (Å²) in [6.07, 6.45) is 10.6. The largest absolute Gasteiger partial charge is 0.390 e. The van der Waals surface area contributed by atoms with Gasteiger partial charge in [-0.1, -0.05) is 20.8 Å². The minimum atomic E-state index is -0.428. The first kappa shape index (κ1) is 16.4. The van der Waals surface area contributed by atoms with E-state index in [0.717, 1.165) is 30.2 Å². The van der Waals surface area contributed by atoms with Crippen LogP contribution in [0.3, 0.4) is 0 Å². The highest BCUT2D eigenvalue weighted by molar-refractivity contribution is 5.13. The molecule has 0 aromatic carbocycles. The highest BCUT2D eigenvalue weighted by atomic mass is 16.3. The highest BCUT2D eigenvalue weighted by Gasteiger charge is 2.63. The van der Waals surface area contributed by atoms with Crippen molar-refractivity contribution in [3.05, 3.63) is 0 Å². The fourth-order valence-corrected chi connectivity index (χ4v) is 7.83. The van der Waals surface area contributed by atoms with E-state index in [-0.39, 0.29) is 5.41 Å². The molecule has 23 heavy (non-hydrogen) atoms. The third-order valence-corrected chi connectivity index (χ3v) is 9.39. The van der Waals surface area contributed by atoms with Gasteiger partial charge in [0.05, 0.1) is 5.60 Å². The Kier molecular flexibility index (Phi) is 3.71. The van der Waals surface area contributed by atoms with Crippen molar-refractivity contribution in [3.63, 3.8) is 0 Å². The van der Waals surface area contributed by atoms with Gasteiger partial charge in [0.25, 0.3) is 0 Å². The molecule has 0 spiro atoms. The first-order chi connectivity index (χ1) is 10.8. The number of rotatable bonds is 1. The molecule has 7 atom stereocenters. The first-order valence-corrected chi connectivity index (χ1v) is 10.3. The van der Waals surface area contributed by atoms with Gasteiger partial charge in [-0.15, -0.1) is 0 Å². The molecule has 0 unspecified atom stereocenters. The lowest BCUT2D eigenvalue weighted by Crippen LogP contribution is -2.61. The third kappa shape index (κ3) is 2.06. The predicted octanol–water partition coefficient (Wildman–Crippen LogP) is 4.46. The average molecular weight is 320 g/mol. The van der Waals surface area contributed by atoms with Crippen molar-refractivity contribution in [2.75, 3.05) is 13.1 Å². The van der Waals surface area contributed by atoms with Gasteiger partial charge in [-0.2, -0.15) is 0 Å². The maximum Gasteiger partial charge on any atom is 0.0675 e. The Morgan fingerprint density at radius 3 is 2.43 bits per heavy atom. The Labute approximate surface area is 143 Å². The average Bonchev–Trinajstić information content (AvgIpc) is 2.76. The predicted molar refractivity (Wildman–Crippen MR) is 95.3 cm³/mol. The zero-order valence-electron chi connectivity index (χ0n) is 15.8. The van der Waals surface area contributed by atoms with Crippen LogP contribution < -0.4 is 0 Å². The van der Waals surface area contributed by atoms with E-state index >= 15 is 0 Å². The molecule has 0 amide bonds. The molecular weight excluding hydrogens is 282 g/mol. The fraction of sp³-hybridized carbons (Fsp3) is 1.00. The van der Waals surface area contributed by atoms with Crippen LogP contribution in [0, 0.1) is 28.6 Å². The van der Waals surface area contributed by atoms with Crippen LogP contribution in [-0.4, -0.2) is 34.7 Å². The molecule has 0 aromatic heterocycles. The molecule has 0 aromatic rings. The molecule has 0 bridgehead atoms. The first-order valence-electron chi connectivity index (χ1n) is 10.3. The molecule has 4 aliphatic rings. The summed E-state index contributed by atoms with van der Waals surface area (Å²) in [5.74, 6) is 2.55. The number of likely N-dealkylation sites (tertiary alicyclic amines) is 1. The van der Waals surface area contributed by atoms with Crippen molar-refractivity contribution in [2.24, 2.45) is 28.6 Å². The summed E-state index contributed by atoms with van der Waals surface area (Å²) in [4.78, 5) is 2.79. The van der Waals surface area contributed by atoms with Gasteiger partial charge in [-0.25, -0.2) is 0 Å². The van der Waals surface area contributed by atoms with Crippen molar-refractivity contribution >= 4 is 0 Å². The molecule has 1 heterocycles. The van der Waals surface area contributed by atoms with Crippen LogP contribution in [0.4, 0.5) is 0 Å². The Hall–Kier alpha value is -0.0800. The van der Waals surface area contributed by atoms with E-state index < -0.39 is 5.60 Å². The van der Waals surface area contributed by atoms with E-state index in [4.69, 9.17) is 0 Å². The molecule has 3 saturated carbocycles. The lowest BCUT2D eigenvalue weighted by atomic mass is 9.46. The van der Waals surface area contributed by atoms with Crippen molar-refractivity contribution in [2.45, 2.75) is 90.7 Å².